The lowest BCUT2D eigenvalue weighted by Gasteiger charge is -2.43. The summed E-state index contributed by atoms with van der Waals surface area (Å²) in [4.78, 5) is 0. The van der Waals surface area contributed by atoms with E-state index in [9.17, 15) is 0 Å². The Kier molecular flexibility index (Phi) is 1.93. The molecule has 4 atom stereocenters. The van der Waals surface area contributed by atoms with Crippen LogP contribution in [0.5, 0.6) is 0 Å². The SMILES string of the molecule is C=C1CCC2=CCC[C@H](C)C2C12CC2C. The third kappa shape index (κ3) is 1.14. The molecule has 0 N–H and O–H groups in total. The lowest BCUT2D eigenvalue weighted by molar-refractivity contribution is 0.226. The van der Waals surface area contributed by atoms with Gasteiger partial charge < -0.3 is 0 Å². The molecule has 0 heteroatoms. The van der Waals surface area contributed by atoms with Crippen LogP contribution in [0.15, 0.2) is 23.8 Å². The summed E-state index contributed by atoms with van der Waals surface area (Å²) >= 11 is 0. The van der Waals surface area contributed by atoms with Crippen LogP contribution in [0.4, 0.5) is 0 Å². The monoisotopic (exact) mass is 202 g/mol. The molecule has 3 unspecified atom stereocenters. The highest BCUT2D eigenvalue weighted by Crippen LogP contribution is 2.69. The minimum absolute atomic E-state index is 0.546. The molecule has 0 amide bonds. The van der Waals surface area contributed by atoms with Gasteiger partial charge in [-0.2, -0.15) is 0 Å². The third-order valence-electron chi connectivity index (χ3n) is 5.29. The Morgan fingerprint density at radius 2 is 2.07 bits per heavy atom. The molecule has 15 heavy (non-hydrogen) atoms. The first-order valence-electron chi connectivity index (χ1n) is 6.53. The first-order chi connectivity index (χ1) is 7.16. The summed E-state index contributed by atoms with van der Waals surface area (Å²) in [5, 5.41) is 0. The van der Waals surface area contributed by atoms with Crippen LogP contribution < -0.4 is 0 Å². The predicted molar refractivity (Wildman–Crippen MR) is 64.6 cm³/mol. The van der Waals surface area contributed by atoms with Crippen LogP contribution in [0.25, 0.3) is 0 Å². The minimum atomic E-state index is 0.546. The van der Waals surface area contributed by atoms with E-state index in [1.165, 1.54) is 32.1 Å². The van der Waals surface area contributed by atoms with Gasteiger partial charge in [0.25, 0.3) is 0 Å². The summed E-state index contributed by atoms with van der Waals surface area (Å²) < 4.78 is 0. The molecule has 1 spiro atoms. The van der Waals surface area contributed by atoms with Crippen LogP contribution in [0.2, 0.25) is 0 Å². The van der Waals surface area contributed by atoms with Crippen molar-refractivity contribution in [1.82, 2.24) is 0 Å². The maximum absolute atomic E-state index is 4.38. The van der Waals surface area contributed by atoms with E-state index in [1.807, 2.05) is 0 Å². The van der Waals surface area contributed by atoms with E-state index < -0.39 is 0 Å². The van der Waals surface area contributed by atoms with E-state index >= 15 is 0 Å². The van der Waals surface area contributed by atoms with Crippen molar-refractivity contribution in [3.63, 3.8) is 0 Å². The Hall–Kier alpha value is -0.520. The van der Waals surface area contributed by atoms with Crippen molar-refractivity contribution in [2.45, 2.75) is 46.0 Å². The van der Waals surface area contributed by atoms with E-state index in [0.717, 1.165) is 17.8 Å². The van der Waals surface area contributed by atoms with Gasteiger partial charge in [0.2, 0.25) is 0 Å². The summed E-state index contributed by atoms with van der Waals surface area (Å²) in [6, 6.07) is 0. The molecule has 0 heterocycles. The Labute approximate surface area is 93.5 Å². The van der Waals surface area contributed by atoms with Gasteiger partial charge in [-0.1, -0.05) is 37.6 Å². The number of allylic oxidation sites excluding steroid dienone is 3. The molecular weight excluding hydrogens is 180 g/mol. The van der Waals surface area contributed by atoms with Gasteiger partial charge in [-0.15, -0.1) is 0 Å². The molecule has 0 aromatic rings. The van der Waals surface area contributed by atoms with Gasteiger partial charge >= 0.3 is 0 Å². The van der Waals surface area contributed by atoms with Crippen LogP contribution >= 0.6 is 0 Å². The zero-order chi connectivity index (χ0) is 10.6. The lowest BCUT2D eigenvalue weighted by Crippen LogP contribution is -2.33. The summed E-state index contributed by atoms with van der Waals surface area (Å²) in [7, 11) is 0. The molecule has 0 bridgehead atoms. The van der Waals surface area contributed by atoms with Crippen LogP contribution in [0.1, 0.15) is 46.0 Å². The van der Waals surface area contributed by atoms with Crippen LogP contribution in [0.3, 0.4) is 0 Å². The van der Waals surface area contributed by atoms with Crippen LogP contribution in [-0.4, -0.2) is 0 Å². The van der Waals surface area contributed by atoms with E-state index in [-0.39, 0.29) is 0 Å². The molecule has 0 aromatic heterocycles. The van der Waals surface area contributed by atoms with E-state index in [1.54, 1.807) is 11.1 Å². The molecule has 2 saturated carbocycles. The smallest absolute Gasteiger partial charge is 0.000601 e. The average Bonchev–Trinajstić information content (AvgIpc) is 2.86. The van der Waals surface area contributed by atoms with Gasteiger partial charge in [0.05, 0.1) is 0 Å². The molecule has 3 aliphatic rings. The highest BCUT2D eigenvalue weighted by Gasteiger charge is 2.61. The number of rotatable bonds is 0. The second kappa shape index (κ2) is 2.99. The number of hydrogen-bond acceptors (Lipinski definition) is 0. The highest BCUT2D eigenvalue weighted by atomic mass is 14.6. The molecule has 0 aromatic carbocycles. The summed E-state index contributed by atoms with van der Waals surface area (Å²) in [5.74, 6) is 2.66. The molecule has 0 radical (unpaired) electrons. The Balaban J connectivity index is 2.02. The average molecular weight is 202 g/mol. The van der Waals surface area contributed by atoms with Gasteiger partial charge in [0.1, 0.15) is 0 Å². The fraction of sp³-hybridized carbons (Fsp3) is 0.733. The van der Waals surface area contributed by atoms with Crippen molar-refractivity contribution in [1.29, 1.82) is 0 Å². The Morgan fingerprint density at radius 1 is 1.33 bits per heavy atom. The summed E-state index contributed by atoms with van der Waals surface area (Å²) in [6.45, 7) is 9.27. The van der Waals surface area contributed by atoms with Crippen LogP contribution in [0, 0.1) is 23.2 Å². The van der Waals surface area contributed by atoms with Crippen molar-refractivity contribution in [3.8, 4) is 0 Å². The third-order valence-corrected chi connectivity index (χ3v) is 5.29. The van der Waals surface area contributed by atoms with E-state index in [4.69, 9.17) is 0 Å². The number of fused-ring (bicyclic) bond motifs is 2. The van der Waals surface area contributed by atoms with Crippen molar-refractivity contribution >= 4 is 0 Å². The van der Waals surface area contributed by atoms with E-state index in [2.05, 4.69) is 26.5 Å². The van der Waals surface area contributed by atoms with Crippen molar-refractivity contribution in [2.24, 2.45) is 23.2 Å². The van der Waals surface area contributed by atoms with Gasteiger partial charge in [-0.3, -0.25) is 0 Å². The van der Waals surface area contributed by atoms with Crippen molar-refractivity contribution in [3.05, 3.63) is 23.8 Å². The molecule has 2 fully saturated rings. The Morgan fingerprint density at radius 3 is 2.73 bits per heavy atom. The molecule has 0 saturated heterocycles. The molecule has 3 rings (SSSR count). The first kappa shape index (κ1) is 9.69. The van der Waals surface area contributed by atoms with Gasteiger partial charge in [0.15, 0.2) is 0 Å². The second-order valence-corrected chi connectivity index (χ2v) is 6.06. The van der Waals surface area contributed by atoms with Gasteiger partial charge in [0, 0.05) is 5.41 Å². The molecule has 0 aliphatic heterocycles. The van der Waals surface area contributed by atoms with E-state index in [0.29, 0.717) is 5.41 Å². The minimum Gasteiger partial charge on any atom is -0.0993 e. The standard InChI is InChI=1S/C15H22/c1-10-5-4-6-13-8-7-11(2)15(14(10)13)9-12(15)3/h6,10,12,14H,2,4-5,7-9H2,1,3H3/t10-,12?,14?,15?/m0/s1. The maximum atomic E-state index is 4.38. The Bertz CT molecular complexity index is 336. The molecular formula is C15H22. The van der Waals surface area contributed by atoms with Crippen molar-refractivity contribution < 1.29 is 0 Å². The predicted octanol–water partition coefficient (Wildman–Crippen LogP) is 4.34. The fourth-order valence-corrected chi connectivity index (χ4v) is 4.41. The molecule has 82 valence electrons. The van der Waals surface area contributed by atoms with Gasteiger partial charge in [-0.05, 0) is 49.9 Å². The topological polar surface area (TPSA) is 0 Å². The highest BCUT2D eigenvalue weighted by molar-refractivity contribution is 5.36. The zero-order valence-electron chi connectivity index (χ0n) is 10.1. The van der Waals surface area contributed by atoms with Gasteiger partial charge in [-0.25, -0.2) is 0 Å². The number of hydrogen-bond donors (Lipinski definition) is 0. The zero-order valence-corrected chi connectivity index (χ0v) is 10.1. The molecule has 3 aliphatic carbocycles. The normalized spacial score (nSPS) is 48.8. The van der Waals surface area contributed by atoms with Crippen molar-refractivity contribution in [2.75, 3.05) is 0 Å². The summed E-state index contributed by atoms with van der Waals surface area (Å²) in [6.07, 6.45) is 9.25. The first-order valence-corrected chi connectivity index (χ1v) is 6.53. The lowest BCUT2D eigenvalue weighted by atomic mass is 9.62. The molecule has 0 nitrogen and oxygen atoms in total. The van der Waals surface area contributed by atoms with Crippen LogP contribution in [-0.2, 0) is 0 Å². The maximum Gasteiger partial charge on any atom is 0.000601 e. The fourth-order valence-electron chi connectivity index (χ4n) is 4.41. The largest absolute Gasteiger partial charge is 0.0993 e. The quantitative estimate of drug-likeness (QED) is 0.513. The second-order valence-electron chi connectivity index (χ2n) is 6.06. The summed E-state index contributed by atoms with van der Waals surface area (Å²) in [5.41, 5.74) is 3.90.